The lowest BCUT2D eigenvalue weighted by atomic mass is 10.2. The van der Waals surface area contributed by atoms with Crippen molar-refractivity contribution in [2.45, 2.75) is 13.3 Å². The van der Waals surface area contributed by atoms with Gasteiger partial charge in [0.05, 0.1) is 6.61 Å². The summed E-state index contributed by atoms with van der Waals surface area (Å²) in [6, 6.07) is 6.42. The fraction of sp³-hybridized carbons (Fsp3) is 0.308. The van der Waals surface area contributed by atoms with Gasteiger partial charge in [-0.2, -0.15) is 0 Å². The molecule has 1 aromatic rings. The first-order chi connectivity index (χ1) is 8.65. The Hall–Kier alpha value is -2.17. The van der Waals surface area contributed by atoms with Crippen LogP contribution in [0.5, 0.6) is 5.75 Å². The van der Waals surface area contributed by atoms with Crippen LogP contribution in [0.15, 0.2) is 24.3 Å². The van der Waals surface area contributed by atoms with E-state index < -0.39 is 5.97 Å². The summed E-state index contributed by atoms with van der Waals surface area (Å²) in [6.07, 6.45) is 0.383. The fourth-order valence-corrected chi connectivity index (χ4v) is 1.27. The summed E-state index contributed by atoms with van der Waals surface area (Å²) in [6.45, 7) is 1.69. The molecule has 0 aliphatic carbocycles. The molecule has 5 heteroatoms. The summed E-state index contributed by atoms with van der Waals surface area (Å²) < 4.78 is 9.81. The van der Waals surface area contributed by atoms with Gasteiger partial charge in [0.25, 0.3) is 0 Å². The Labute approximate surface area is 105 Å². The molecule has 0 radical (unpaired) electrons. The van der Waals surface area contributed by atoms with Gasteiger partial charge in [-0.1, -0.05) is 12.1 Å². The molecule has 0 aromatic heterocycles. The van der Waals surface area contributed by atoms with E-state index in [1.807, 2.05) is 0 Å². The zero-order valence-corrected chi connectivity index (χ0v) is 10.0. The number of hydrogen-bond donors (Lipinski definition) is 0. The van der Waals surface area contributed by atoms with Crippen molar-refractivity contribution >= 4 is 18.0 Å². The summed E-state index contributed by atoms with van der Waals surface area (Å²) in [7, 11) is 0. The molecular weight excluding hydrogens is 236 g/mol. The second-order valence-electron chi connectivity index (χ2n) is 3.50. The van der Waals surface area contributed by atoms with Crippen molar-refractivity contribution in [2.75, 3.05) is 13.2 Å². The monoisotopic (exact) mass is 250 g/mol. The van der Waals surface area contributed by atoms with Crippen molar-refractivity contribution in [1.29, 1.82) is 0 Å². The van der Waals surface area contributed by atoms with Gasteiger partial charge in [-0.25, -0.2) is 0 Å². The van der Waals surface area contributed by atoms with Crippen molar-refractivity contribution in [3.63, 3.8) is 0 Å². The molecule has 0 spiro atoms. The quantitative estimate of drug-likeness (QED) is 0.415. The molecule has 0 atom stereocenters. The minimum absolute atomic E-state index is 0.221. The first-order valence-corrected chi connectivity index (χ1v) is 5.51. The van der Waals surface area contributed by atoms with Crippen molar-refractivity contribution in [3.05, 3.63) is 29.8 Å². The topological polar surface area (TPSA) is 69.7 Å². The van der Waals surface area contributed by atoms with Gasteiger partial charge in [-0.3, -0.25) is 14.4 Å². The second kappa shape index (κ2) is 7.21. The highest BCUT2D eigenvalue weighted by Gasteiger charge is 2.10. The van der Waals surface area contributed by atoms with Crippen LogP contribution < -0.4 is 4.74 Å². The third-order valence-corrected chi connectivity index (χ3v) is 2.04. The largest absolute Gasteiger partial charge is 0.486 e. The minimum atomic E-state index is -0.562. The van der Waals surface area contributed by atoms with E-state index in [2.05, 4.69) is 4.74 Å². The predicted molar refractivity (Wildman–Crippen MR) is 63.6 cm³/mol. The van der Waals surface area contributed by atoms with Crippen LogP contribution >= 0.6 is 0 Å². The van der Waals surface area contributed by atoms with Gasteiger partial charge in [-0.15, -0.1) is 0 Å². The molecule has 1 rings (SSSR count). The minimum Gasteiger partial charge on any atom is -0.486 e. The highest BCUT2D eigenvalue weighted by atomic mass is 16.5. The molecule has 0 N–H and O–H groups in total. The highest BCUT2D eigenvalue weighted by Crippen LogP contribution is 2.11. The molecule has 5 nitrogen and oxygen atoms in total. The summed E-state index contributed by atoms with van der Waals surface area (Å²) >= 11 is 0. The van der Waals surface area contributed by atoms with Gasteiger partial charge < -0.3 is 9.47 Å². The van der Waals surface area contributed by atoms with E-state index in [9.17, 15) is 14.4 Å². The average molecular weight is 250 g/mol. The number of aldehydes is 1. The molecule has 0 saturated heterocycles. The Kier molecular flexibility index (Phi) is 5.57. The Balaban J connectivity index is 2.42. The maximum absolute atomic E-state index is 11.4. The number of ketones is 1. The van der Waals surface area contributed by atoms with Crippen LogP contribution in [0.1, 0.15) is 23.7 Å². The van der Waals surface area contributed by atoms with Gasteiger partial charge in [0.15, 0.2) is 5.78 Å². The molecule has 0 fully saturated rings. The highest BCUT2D eigenvalue weighted by molar-refractivity contribution is 5.96. The number of hydrogen-bond acceptors (Lipinski definition) is 5. The van der Waals surface area contributed by atoms with Gasteiger partial charge in [0.2, 0.25) is 0 Å². The first-order valence-electron chi connectivity index (χ1n) is 5.51. The van der Waals surface area contributed by atoms with Crippen molar-refractivity contribution in [2.24, 2.45) is 0 Å². The summed E-state index contributed by atoms with van der Waals surface area (Å²) in [5.41, 5.74) is 0.463. The van der Waals surface area contributed by atoms with E-state index in [0.29, 0.717) is 17.6 Å². The van der Waals surface area contributed by atoms with E-state index >= 15 is 0 Å². The average Bonchev–Trinajstić information content (AvgIpc) is 2.37. The molecule has 0 aliphatic rings. The van der Waals surface area contributed by atoms with Crippen LogP contribution in [0.25, 0.3) is 0 Å². The van der Waals surface area contributed by atoms with Crippen LogP contribution in [0.3, 0.4) is 0 Å². The third kappa shape index (κ3) is 4.78. The van der Waals surface area contributed by atoms with E-state index in [4.69, 9.17) is 4.74 Å². The molecule has 96 valence electrons. The third-order valence-electron chi connectivity index (χ3n) is 2.04. The lowest BCUT2D eigenvalue weighted by Crippen LogP contribution is -2.17. The Morgan fingerprint density at radius 1 is 1.33 bits per heavy atom. The van der Waals surface area contributed by atoms with Crippen molar-refractivity contribution < 1.29 is 23.9 Å². The normalized spacial score (nSPS) is 9.61. The van der Waals surface area contributed by atoms with Crippen molar-refractivity contribution in [1.82, 2.24) is 0 Å². The fourth-order valence-electron chi connectivity index (χ4n) is 1.27. The van der Waals surface area contributed by atoms with Gasteiger partial charge >= 0.3 is 5.97 Å². The lowest BCUT2D eigenvalue weighted by Gasteiger charge is -2.05. The molecule has 0 aliphatic heterocycles. The van der Waals surface area contributed by atoms with Crippen LogP contribution in [0.2, 0.25) is 0 Å². The van der Waals surface area contributed by atoms with E-state index in [1.54, 1.807) is 25.1 Å². The van der Waals surface area contributed by atoms with Gasteiger partial charge in [-0.05, 0) is 19.1 Å². The zero-order valence-electron chi connectivity index (χ0n) is 10.0. The molecule has 0 heterocycles. The van der Waals surface area contributed by atoms with Gasteiger partial charge in [0, 0.05) is 5.56 Å². The number of rotatable bonds is 7. The van der Waals surface area contributed by atoms with E-state index in [-0.39, 0.29) is 25.4 Å². The van der Waals surface area contributed by atoms with Gasteiger partial charge in [0.1, 0.15) is 25.1 Å². The Bertz CT molecular complexity index is 439. The van der Waals surface area contributed by atoms with E-state index in [1.165, 1.54) is 6.07 Å². The Morgan fingerprint density at radius 2 is 2.11 bits per heavy atom. The SMILES string of the molecule is CCOC(=O)CC(=O)COc1cccc(C=O)c1. The molecule has 0 saturated carbocycles. The standard InChI is InChI=1S/C13H14O5/c1-2-17-13(16)7-11(15)9-18-12-5-3-4-10(6-12)8-14/h3-6,8H,2,7,9H2,1H3. The molecule has 1 aromatic carbocycles. The number of benzene rings is 1. The number of esters is 1. The predicted octanol–water partition coefficient (Wildman–Crippen LogP) is 1.40. The molecular formula is C13H14O5. The smallest absolute Gasteiger partial charge is 0.313 e. The maximum Gasteiger partial charge on any atom is 0.313 e. The Morgan fingerprint density at radius 3 is 2.78 bits per heavy atom. The summed E-state index contributed by atoms with van der Waals surface area (Å²) in [5, 5.41) is 0. The first kappa shape index (κ1) is 13.9. The zero-order chi connectivity index (χ0) is 13.4. The molecule has 0 unspecified atom stereocenters. The van der Waals surface area contributed by atoms with Crippen LogP contribution in [0.4, 0.5) is 0 Å². The molecule has 18 heavy (non-hydrogen) atoms. The van der Waals surface area contributed by atoms with Crippen LogP contribution in [-0.4, -0.2) is 31.3 Å². The van der Waals surface area contributed by atoms with E-state index in [0.717, 1.165) is 0 Å². The number of ether oxygens (including phenoxy) is 2. The summed E-state index contributed by atoms with van der Waals surface area (Å²) in [5.74, 6) is -0.519. The number of Topliss-reactive ketones (excluding diaryl/α,β-unsaturated/α-hetero) is 1. The van der Waals surface area contributed by atoms with Crippen LogP contribution in [-0.2, 0) is 14.3 Å². The number of carbonyl (C=O) groups excluding carboxylic acids is 3. The maximum atomic E-state index is 11.4. The van der Waals surface area contributed by atoms with Crippen LogP contribution in [0, 0.1) is 0 Å². The molecule has 0 amide bonds. The molecule has 0 bridgehead atoms. The number of carbonyl (C=O) groups is 3. The lowest BCUT2D eigenvalue weighted by molar-refractivity contribution is -0.145. The second-order valence-corrected chi connectivity index (χ2v) is 3.50. The summed E-state index contributed by atoms with van der Waals surface area (Å²) in [4.78, 5) is 32.9. The van der Waals surface area contributed by atoms with Crippen molar-refractivity contribution in [3.8, 4) is 5.75 Å².